The predicted octanol–water partition coefficient (Wildman–Crippen LogP) is 2.04. The lowest BCUT2D eigenvalue weighted by Gasteiger charge is -2.02. The quantitative estimate of drug-likeness (QED) is 0.862. The van der Waals surface area contributed by atoms with Crippen molar-refractivity contribution in [1.82, 2.24) is 0 Å². The van der Waals surface area contributed by atoms with Gasteiger partial charge in [-0.2, -0.15) is 0 Å². The van der Waals surface area contributed by atoms with Crippen molar-refractivity contribution in [3.05, 3.63) is 7.69 Å². The van der Waals surface area contributed by atoms with Crippen LogP contribution in [0.2, 0.25) is 0 Å². The van der Waals surface area contributed by atoms with E-state index in [9.17, 15) is 4.79 Å². The minimum absolute atomic E-state index is 0.468. The fourth-order valence-electron chi connectivity index (χ4n) is 1.10. The molecule has 0 saturated carbocycles. The molecule has 0 saturated heterocycles. The molecular formula is C10H14O2S2. The molecule has 0 radical (unpaired) electrons. The second-order valence-electron chi connectivity index (χ2n) is 3.02. The lowest BCUT2D eigenvalue weighted by Crippen LogP contribution is -2.18. The summed E-state index contributed by atoms with van der Waals surface area (Å²) < 4.78 is 2.23. The second-order valence-corrected chi connectivity index (χ2v) is 5.58. The van der Waals surface area contributed by atoms with Crippen LogP contribution in [0.1, 0.15) is 33.6 Å². The third-order valence-electron chi connectivity index (χ3n) is 2.14. The maximum atomic E-state index is 10.6. The van der Waals surface area contributed by atoms with Crippen molar-refractivity contribution in [3.8, 4) is 0 Å². The van der Waals surface area contributed by atoms with Gasteiger partial charge in [0, 0.05) is 0 Å². The van der Waals surface area contributed by atoms with E-state index in [-0.39, 0.29) is 0 Å². The topological polar surface area (TPSA) is 37.3 Å². The van der Waals surface area contributed by atoms with Crippen LogP contribution in [0.3, 0.4) is 0 Å². The van der Waals surface area contributed by atoms with E-state index in [2.05, 4.69) is 13.8 Å². The molecule has 0 aliphatic rings. The third kappa shape index (κ3) is 2.25. The van der Waals surface area contributed by atoms with Gasteiger partial charge < -0.3 is 5.11 Å². The second kappa shape index (κ2) is 4.75. The third-order valence-corrected chi connectivity index (χ3v) is 5.07. The largest absolute Gasteiger partial charge is 0.478 e. The maximum Gasteiger partial charge on any atom is 0.333 e. The van der Waals surface area contributed by atoms with Gasteiger partial charge >= 0.3 is 5.97 Å². The molecule has 1 rings (SSSR count). The molecule has 0 unspecified atom stereocenters. The Bertz CT molecular complexity index is 412. The number of hydrogen-bond donors (Lipinski definition) is 1. The highest BCUT2D eigenvalue weighted by Crippen LogP contribution is 2.08. The molecule has 1 N–H and O–H groups in total. The average Bonchev–Trinajstić information content (AvgIpc) is 2.09. The first-order chi connectivity index (χ1) is 6.60. The van der Waals surface area contributed by atoms with Crippen molar-refractivity contribution >= 4 is 39.8 Å². The maximum absolute atomic E-state index is 10.6. The molecular weight excluding hydrogens is 216 g/mol. The summed E-state index contributed by atoms with van der Waals surface area (Å²) in [4.78, 5) is 10.6. The van der Waals surface area contributed by atoms with E-state index >= 15 is 0 Å². The Morgan fingerprint density at radius 3 is 2.07 bits per heavy atom. The van der Waals surface area contributed by atoms with Gasteiger partial charge in [-0.05, 0) is 25.3 Å². The number of rotatable bonds is 3. The summed E-state index contributed by atoms with van der Waals surface area (Å²) in [5.74, 6) is -0.811. The van der Waals surface area contributed by atoms with Gasteiger partial charge in [-0.25, -0.2) is 4.79 Å². The van der Waals surface area contributed by atoms with Gasteiger partial charge in [0.05, 0.1) is 13.3 Å². The van der Waals surface area contributed by atoms with E-state index in [0.717, 1.165) is 16.7 Å². The molecule has 1 heterocycles. The van der Waals surface area contributed by atoms with Gasteiger partial charge in [-0.3, -0.25) is 0 Å². The lowest BCUT2D eigenvalue weighted by molar-refractivity contribution is -0.130. The van der Waals surface area contributed by atoms with Crippen molar-refractivity contribution < 1.29 is 9.90 Å². The monoisotopic (exact) mass is 230 g/mol. The molecule has 0 spiro atoms. The smallest absolute Gasteiger partial charge is 0.333 e. The van der Waals surface area contributed by atoms with Crippen LogP contribution < -0.4 is 7.69 Å². The summed E-state index contributed by atoms with van der Waals surface area (Å²) in [5.41, 5.74) is 1.90. The zero-order chi connectivity index (χ0) is 10.7. The molecule has 0 amide bonds. The SMILES string of the molecule is CCC(CC)=c1sc(=C(C)C(=O)O)s1. The Balaban J connectivity index is 3.14. The first-order valence-corrected chi connectivity index (χ1v) is 6.25. The fraction of sp³-hybridized carbons (Fsp3) is 0.500. The molecule has 0 fully saturated rings. The molecule has 1 aromatic heterocycles. The Kier molecular flexibility index (Phi) is 3.89. The van der Waals surface area contributed by atoms with Crippen LogP contribution in [0.4, 0.5) is 0 Å². The van der Waals surface area contributed by atoms with Crippen molar-refractivity contribution in [2.45, 2.75) is 33.6 Å². The lowest BCUT2D eigenvalue weighted by atomic mass is 10.2. The van der Waals surface area contributed by atoms with E-state index in [1.165, 1.54) is 9.42 Å². The van der Waals surface area contributed by atoms with Crippen molar-refractivity contribution in [1.29, 1.82) is 0 Å². The van der Waals surface area contributed by atoms with E-state index in [1.807, 2.05) is 0 Å². The van der Waals surface area contributed by atoms with E-state index in [1.54, 1.807) is 29.6 Å². The molecule has 0 aromatic carbocycles. The van der Waals surface area contributed by atoms with Gasteiger partial charge in [-0.15, -0.1) is 22.7 Å². The zero-order valence-corrected chi connectivity index (χ0v) is 10.2. The van der Waals surface area contributed by atoms with Crippen molar-refractivity contribution in [2.75, 3.05) is 0 Å². The summed E-state index contributed by atoms with van der Waals surface area (Å²) >= 11 is 3.22. The first kappa shape index (κ1) is 11.5. The molecule has 78 valence electrons. The molecule has 0 atom stereocenters. The molecule has 4 heteroatoms. The van der Waals surface area contributed by atoms with Gasteiger partial charge in [0.15, 0.2) is 0 Å². The minimum Gasteiger partial charge on any atom is -0.478 e. The summed E-state index contributed by atoms with van der Waals surface area (Å²) in [6.45, 7) is 5.93. The molecule has 0 aliphatic heterocycles. The summed E-state index contributed by atoms with van der Waals surface area (Å²) in [5, 5.41) is 8.76. The average molecular weight is 230 g/mol. The number of aliphatic carboxylic acids is 1. The van der Waals surface area contributed by atoms with Crippen molar-refractivity contribution in [3.63, 3.8) is 0 Å². The van der Waals surface area contributed by atoms with Crippen LogP contribution in [0.25, 0.3) is 11.1 Å². The zero-order valence-electron chi connectivity index (χ0n) is 8.59. The van der Waals surface area contributed by atoms with Crippen LogP contribution >= 0.6 is 22.7 Å². The highest BCUT2D eigenvalue weighted by molar-refractivity contribution is 7.36. The van der Waals surface area contributed by atoms with Crippen molar-refractivity contribution in [2.24, 2.45) is 0 Å². The summed E-state index contributed by atoms with van der Waals surface area (Å²) in [7, 11) is 0. The van der Waals surface area contributed by atoms with Gasteiger partial charge in [0.2, 0.25) is 0 Å². The Morgan fingerprint density at radius 2 is 1.71 bits per heavy atom. The van der Waals surface area contributed by atoms with Gasteiger partial charge in [-0.1, -0.05) is 13.8 Å². The van der Waals surface area contributed by atoms with Crippen LogP contribution in [0.15, 0.2) is 0 Å². The van der Waals surface area contributed by atoms with Gasteiger partial charge in [0.1, 0.15) is 0 Å². The summed E-state index contributed by atoms with van der Waals surface area (Å²) in [6.07, 6.45) is 2.12. The highest BCUT2D eigenvalue weighted by atomic mass is 32.2. The molecule has 1 aromatic rings. The molecule has 14 heavy (non-hydrogen) atoms. The fourth-order valence-corrected chi connectivity index (χ4v) is 3.55. The standard InChI is InChI=1S/C10H14O2S2/c1-4-7(5-2)10-13-9(14-10)6(3)8(11)12/h4-5H2,1-3H3,(H,11,12). The van der Waals surface area contributed by atoms with Crippen LogP contribution in [-0.2, 0) is 4.79 Å². The predicted molar refractivity (Wildman–Crippen MR) is 62.2 cm³/mol. The number of carboxylic acid groups (broad SMARTS) is 1. The summed E-state index contributed by atoms with van der Waals surface area (Å²) in [6, 6.07) is 0. The molecule has 0 aliphatic carbocycles. The number of carboxylic acids is 1. The Labute approximate surface area is 91.2 Å². The Morgan fingerprint density at radius 1 is 1.21 bits per heavy atom. The Hall–Kier alpha value is -0.610. The molecule has 2 nitrogen and oxygen atoms in total. The highest BCUT2D eigenvalue weighted by Gasteiger charge is 2.06. The van der Waals surface area contributed by atoms with Crippen LogP contribution in [-0.4, -0.2) is 11.1 Å². The number of hydrogen-bond acceptors (Lipinski definition) is 3. The van der Waals surface area contributed by atoms with Crippen LogP contribution in [0, 0.1) is 0 Å². The normalized spacial score (nSPS) is 10.2. The van der Waals surface area contributed by atoms with Gasteiger partial charge in [0.25, 0.3) is 0 Å². The van der Waals surface area contributed by atoms with E-state index < -0.39 is 5.97 Å². The minimum atomic E-state index is -0.811. The first-order valence-electron chi connectivity index (χ1n) is 4.62. The molecule has 0 bridgehead atoms. The van der Waals surface area contributed by atoms with E-state index in [4.69, 9.17) is 5.11 Å². The van der Waals surface area contributed by atoms with E-state index in [0.29, 0.717) is 5.57 Å². The van der Waals surface area contributed by atoms with Crippen LogP contribution in [0.5, 0.6) is 0 Å². The number of carbonyl (C=O) groups is 1.